The maximum absolute atomic E-state index is 6.75. The molecule has 0 saturated carbocycles. The largest absolute Gasteiger partial charge is 0.456 e. The van der Waals surface area contributed by atoms with Crippen LogP contribution in [0.4, 0.5) is 17.1 Å². The lowest BCUT2D eigenvalue weighted by Gasteiger charge is -2.31. The Balaban J connectivity index is 1.12. The van der Waals surface area contributed by atoms with E-state index in [-0.39, 0.29) is 0 Å². The van der Waals surface area contributed by atoms with Crippen LogP contribution in [0.2, 0.25) is 0 Å². The van der Waals surface area contributed by atoms with Gasteiger partial charge in [0.1, 0.15) is 22.3 Å². The van der Waals surface area contributed by atoms with E-state index in [1.807, 2.05) is 18.2 Å². The first kappa shape index (κ1) is 36.5. The van der Waals surface area contributed by atoms with Crippen molar-refractivity contribution in [3.05, 3.63) is 237 Å². The van der Waals surface area contributed by atoms with Crippen LogP contribution in [-0.2, 0) is 0 Å². The van der Waals surface area contributed by atoms with Crippen molar-refractivity contribution >= 4 is 60.9 Å². The highest BCUT2D eigenvalue weighted by Crippen LogP contribution is 2.50. The number of rotatable bonds is 8. The number of benzene rings is 10. The molecule has 12 rings (SSSR count). The van der Waals surface area contributed by atoms with Crippen molar-refractivity contribution in [1.29, 1.82) is 0 Å². The predicted molar refractivity (Wildman–Crippen MR) is 263 cm³/mol. The SMILES string of the molecule is c1ccc(-c2ccc(-c3c(-c4cccc5c4oc4ccccc45)cccc3N(c3cccc(-c4ccc5c(c4)oc4ccccc45)c3)c3ccccc3-c3ccccc3)cc2)cc1. The Morgan fingerprint density at radius 3 is 1.59 bits per heavy atom. The van der Waals surface area contributed by atoms with E-state index >= 15 is 0 Å². The molecule has 2 heterocycles. The molecular weight excluding hydrogens is 767 g/mol. The van der Waals surface area contributed by atoms with E-state index in [1.165, 1.54) is 5.56 Å². The maximum atomic E-state index is 6.75. The molecule has 0 radical (unpaired) electrons. The molecule has 3 nitrogen and oxygen atoms in total. The molecule has 0 aliphatic heterocycles. The number of hydrogen-bond acceptors (Lipinski definition) is 3. The maximum Gasteiger partial charge on any atom is 0.143 e. The molecule has 296 valence electrons. The molecule has 2 aromatic heterocycles. The van der Waals surface area contributed by atoms with Crippen molar-refractivity contribution in [2.24, 2.45) is 0 Å². The molecule has 0 atom stereocenters. The van der Waals surface area contributed by atoms with Gasteiger partial charge in [-0.05, 0) is 87.5 Å². The second kappa shape index (κ2) is 15.3. The van der Waals surface area contributed by atoms with E-state index in [4.69, 9.17) is 8.83 Å². The molecule has 0 unspecified atom stereocenters. The van der Waals surface area contributed by atoms with Gasteiger partial charge in [0.25, 0.3) is 0 Å². The minimum absolute atomic E-state index is 0.872. The van der Waals surface area contributed by atoms with E-state index < -0.39 is 0 Å². The molecule has 0 N–H and O–H groups in total. The number of anilines is 3. The fourth-order valence-electron chi connectivity index (χ4n) is 9.34. The van der Waals surface area contributed by atoms with Gasteiger partial charge in [-0.2, -0.15) is 0 Å². The molecule has 3 heteroatoms. The molecule has 10 aromatic carbocycles. The summed E-state index contributed by atoms with van der Waals surface area (Å²) in [5, 5.41) is 4.44. The van der Waals surface area contributed by atoms with Gasteiger partial charge >= 0.3 is 0 Å². The van der Waals surface area contributed by atoms with Gasteiger partial charge < -0.3 is 13.7 Å². The number of fused-ring (bicyclic) bond motifs is 6. The Bertz CT molecular complexity index is 3620. The van der Waals surface area contributed by atoms with Gasteiger partial charge in [0.05, 0.1) is 11.4 Å². The summed E-state index contributed by atoms with van der Waals surface area (Å²) in [5.41, 5.74) is 17.8. The fraction of sp³-hybridized carbons (Fsp3) is 0. The fourth-order valence-corrected chi connectivity index (χ4v) is 9.34. The Morgan fingerprint density at radius 1 is 0.270 bits per heavy atom. The average molecular weight is 806 g/mol. The third-order valence-corrected chi connectivity index (χ3v) is 12.3. The van der Waals surface area contributed by atoms with Gasteiger partial charge in [-0.25, -0.2) is 0 Å². The molecule has 63 heavy (non-hydrogen) atoms. The highest BCUT2D eigenvalue weighted by atomic mass is 16.3. The summed E-state index contributed by atoms with van der Waals surface area (Å²) in [6.07, 6.45) is 0. The highest BCUT2D eigenvalue weighted by Gasteiger charge is 2.25. The Morgan fingerprint density at radius 2 is 0.778 bits per heavy atom. The minimum atomic E-state index is 0.872. The van der Waals surface area contributed by atoms with Crippen LogP contribution in [0, 0.1) is 0 Å². The molecule has 0 bridgehead atoms. The first-order chi connectivity index (χ1) is 31.2. The second-order valence-corrected chi connectivity index (χ2v) is 16.0. The normalized spacial score (nSPS) is 11.5. The van der Waals surface area contributed by atoms with Crippen molar-refractivity contribution in [3.63, 3.8) is 0 Å². The van der Waals surface area contributed by atoms with Crippen molar-refractivity contribution in [3.8, 4) is 55.6 Å². The molecule has 0 spiro atoms. The quantitative estimate of drug-likeness (QED) is 0.153. The van der Waals surface area contributed by atoms with Crippen LogP contribution in [0.25, 0.3) is 99.5 Å². The lowest BCUT2D eigenvalue weighted by molar-refractivity contribution is 0.669. The molecule has 12 aromatic rings. The molecule has 0 saturated heterocycles. The van der Waals surface area contributed by atoms with Crippen LogP contribution in [0.15, 0.2) is 245 Å². The van der Waals surface area contributed by atoms with E-state index in [2.05, 4.69) is 223 Å². The minimum Gasteiger partial charge on any atom is -0.456 e. The Kier molecular flexibility index (Phi) is 8.83. The molecule has 0 aliphatic carbocycles. The van der Waals surface area contributed by atoms with E-state index in [1.54, 1.807) is 0 Å². The van der Waals surface area contributed by atoms with Gasteiger partial charge in [0.15, 0.2) is 0 Å². The van der Waals surface area contributed by atoms with Crippen LogP contribution in [0.1, 0.15) is 0 Å². The topological polar surface area (TPSA) is 29.5 Å². The summed E-state index contributed by atoms with van der Waals surface area (Å²) in [5.74, 6) is 0. The van der Waals surface area contributed by atoms with Crippen LogP contribution in [-0.4, -0.2) is 0 Å². The van der Waals surface area contributed by atoms with Crippen LogP contribution < -0.4 is 4.90 Å². The zero-order chi connectivity index (χ0) is 41.7. The summed E-state index contributed by atoms with van der Waals surface area (Å²) in [7, 11) is 0. The third kappa shape index (κ3) is 6.38. The Labute approximate surface area is 365 Å². The number of para-hydroxylation sites is 4. The molecule has 0 aliphatic rings. The van der Waals surface area contributed by atoms with Crippen molar-refractivity contribution in [2.45, 2.75) is 0 Å². The van der Waals surface area contributed by atoms with Gasteiger partial charge in [-0.3, -0.25) is 0 Å². The first-order valence-corrected chi connectivity index (χ1v) is 21.4. The van der Waals surface area contributed by atoms with Crippen LogP contribution in [0.5, 0.6) is 0 Å². The van der Waals surface area contributed by atoms with Gasteiger partial charge in [-0.15, -0.1) is 0 Å². The average Bonchev–Trinajstić information content (AvgIpc) is 3.93. The molecule has 0 amide bonds. The highest BCUT2D eigenvalue weighted by molar-refractivity contribution is 6.12. The zero-order valence-corrected chi connectivity index (χ0v) is 34.3. The standard InChI is InChI=1S/C60H39NO2/c1-3-16-40(17-4-1)41-32-34-43(35-33-41)59-51(53-27-14-26-52-49-24-9-12-31-57(49)63-60(52)53)25-15-29-55(59)61(54-28-10-7-22-47(54)42-18-5-2-6-19-42)46-21-13-20-44(38-46)45-36-37-50-48-23-8-11-30-56(48)62-58(50)39-45/h1-39H. The Hall–Kier alpha value is -8.40. The van der Waals surface area contributed by atoms with Gasteiger partial charge in [0.2, 0.25) is 0 Å². The van der Waals surface area contributed by atoms with Crippen LogP contribution >= 0.6 is 0 Å². The summed E-state index contributed by atoms with van der Waals surface area (Å²) < 4.78 is 13.1. The van der Waals surface area contributed by atoms with Crippen molar-refractivity contribution < 1.29 is 8.83 Å². The smallest absolute Gasteiger partial charge is 0.143 e. The second-order valence-electron chi connectivity index (χ2n) is 16.0. The number of furan rings is 2. The van der Waals surface area contributed by atoms with E-state index in [0.717, 1.165) is 111 Å². The zero-order valence-electron chi connectivity index (χ0n) is 34.3. The predicted octanol–water partition coefficient (Wildman–Crippen LogP) is 17.3. The summed E-state index contributed by atoms with van der Waals surface area (Å²) in [4.78, 5) is 2.44. The van der Waals surface area contributed by atoms with Crippen molar-refractivity contribution in [1.82, 2.24) is 0 Å². The monoisotopic (exact) mass is 805 g/mol. The van der Waals surface area contributed by atoms with Gasteiger partial charge in [-0.1, -0.05) is 188 Å². The lowest BCUT2D eigenvalue weighted by Crippen LogP contribution is -2.13. The summed E-state index contributed by atoms with van der Waals surface area (Å²) >= 11 is 0. The summed E-state index contributed by atoms with van der Waals surface area (Å²) in [6, 6.07) is 84.2. The van der Waals surface area contributed by atoms with Crippen molar-refractivity contribution in [2.75, 3.05) is 4.90 Å². The summed E-state index contributed by atoms with van der Waals surface area (Å²) in [6.45, 7) is 0. The number of nitrogens with zero attached hydrogens (tertiary/aromatic N) is 1. The molecule has 0 fully saturated rings. The van der Waals surface area contributed by atoms with Gasteiger partial charge in [0, 0.05) is 43.9 Å². The molecular formula is C60H39NO2. The number of hydrogen-bond donors (Lipinski definition) is 0. The third-order valence-electron chi connectivity index (χ3n) is 12.3. The van der Waals surface area contributed by atoms with E-state index in [0.29, 0.717) is 0 Å². The van der Waals surface area contributed by atoms with Crippen LogP contribution in [0.3, 0.4) is 0 Å². The lowest BCUT2D eigenvalue weighted by atomic mass is 9.90. The van der Waals surface area contributed by atoms with E-state index in [9.17, 15) is 0 Å². The first-order valence-electron chi connectivity index (χ1n) is 21.4.